The summed E-state index contributed by atoms with van der Waals surface area (Å²) in [6.45, 7) is 0.316. The first-order valence-corrected chi connectivity index (χ1v) is 8.65. The van der Waals surface area contributed by atoms with Gasteiger partial charge in [-0.2, -0.15) is 21.6 Å². The minimum Gasteiger partial charge on any atom is -0.301 e. The summed E-state index contributed by atoms with van der Waals surface area (Å²) < 4.78 is 82.9. The number of rotatable bonds is 5. The third kappa shape index (κ3) is 5.24. The third-order valence-electron chi connectivity index (χ3n) is 2.58. The first-order chi connectivity index (χ1) is 8.54. The van der Waals surface area contributed by atoms with Gasteiger partial charge in [0.1, 0.15) is 0 Å². The third-order valence-corrected chi connectivity index (χ3v) is 5.23. The van der Waals surface area contributed by atoms with Gasteiger partial charge in [0.2, 0.25) is 0 Å². The van der Waals surface area contributed by atoms with Crippen LogP contribution in [0.15, 0.2) is 0 Å². The van der Waals surface area contributed by atoms with Crippen LogP contribution in [0.25, 0.3) is 0 Å². The first kappa shape index (κ1) is 16.7. The highest BCUT2D eigenvalue weighted by Crippen LogP contribution is 2.24. The second-order valence-electron chi connectivity index (χ2n) is 4.07. The van der Waals surface area contributed by atoms with E-state index in [0.717, 1.165) is 0 Å². The molecular weight excluding hydrogens is 311 g/mol. The maximum atomic E-state index is 11.9. The second-order valence-corrected chi connectivity index (χ2v) is 7.98. The Morgan fingerprint density at radius 3 is 2.16 bits per heavy atom. The fourth-order valence-electron chi connectivity index (χ4n) is 1.50. The van der Waals surface area contributed by atoms with Crippen LogP contribution in [0.5, 0.6) is 0 Å². The summed E-state index contributed by atoms with van der Waals surface area (Å²) in [5.74, 6) is 0.0173. The van der Waals surface area contributed by atoms with E-state index in [1.54, 1.807) is 4.90 Å². The van der Waals surface area contributed by atoms with E-state index in [1.165, 1.54) is 0 Å². The highest BCUT2D eigenvalue weighted by atomic mass is 32.2. The van der Waals surface area contributed by atoms with Crippen molar-refractivity contribution >= 4 is 20.0 Å². The van der Waals surface area contributed by atoms with Crippen molar-refractivity contribution in [1.82, 2.24) is 4.90 Å². The van der Waals surface area contributed by atoms with Crippen LogP contribution in [0.2, 0.25) is 0 Å². The Hall–Kier alpha value is -0.390. The zero-order valence-corrected chi connectivity index (χ0v) is 11.5. The molecule has 114 valence electrons. The molecule has 1 heterocycles. The average Bonchev–Trinajstić information content (AvgIpc) is 2.24. The fourth-order valence-corrected chi connectivity index (χ4v) is 3.25. The van der Waals surface area contributed by atoms with E-state index in [2.05, 4.69) is 4.18 Å². The van der Waals surface area contributed by atoms with Crippen LogP contribution in [0.1, 0.15) is 6.42 Å². The molecule has 1 saturated heterocycles. The van der Waals surface area contributed by atoms with Crippen LogP contribution in [-0.4, -0.2) is 65.0 Å². The standard InChI is InChI=1S/C8H14F3NO5S2/c9-8(10,11)19(15,16)17-5-1-2-12-3-6-18(13,14)7-4-12/h1-7H2. The van der Waals surface area contributed by atoms with Crippen molar-refractivity contribution < 1.29 is 34.2 Å². The van der Waals surface area contributed by atoms with E-state index in [4.69, 9.17) is 0 Å². The van der Waals surface area contributed by atoms with Crippen LogP contribution >= 0.6 is 0 Å². The van der Waals surface area contributed by atoms with Crippen molar-refractivity contribution in [3.05, 3.63) is 0 Å². The van der Waals surface area contributed by atoms with Crippen LogP contribution in [0, 0.1) is 0 Å². The van der Waals surface area contributed by atoms with Gasteiger partial charge >= 0.3 is 15.6 Å². The number of alkyl halides is 3. The van der Waals surface area contributed by atoms with E-state index in [0.29, 0.717) is 19.6 Å². The van der Waals surface area contributed by atoms with E-state index in [1.807, 2.05) is 0 Å². The molecule has 1 fully saturated rings. The molecular formula is C8H14F3NO5S2. The SMILES string of the molecule is O=S1(=O)CCN(CCCOS(=O)(=O)C(F)(F)F)CC1. The molecule has 6 nitrogen and oxygen atoms in total. The van der Waals surface area contributed by atoms with Crippen molar-refractivity contribution in [3.8, 4) is 0 Å². The highest BCUT2D eigenvalue weighted by Gasteiger charge is 2.47. The maximum Gasteiger partial charge on any atom is 0.523 e. The molecule has 0 aromatic rings. The van der Waals surface area contributed by atoms with Crippen LogP contribution in [0.3, 0.4) is 0 Å². The molecule has 11 heteroatoms. The molecule has 0 aromatic carbocycles. The molecule has 0 amide bonds. The number of halogens is 3. The smallest absolute Gasteiger partial charge is 0.301 e. The number of hydrogen-bond acceptors (Lipinski definition) is 6. The predicted octanol–water partition coefficient (Wildman–Crippen LogP) is -0.0269. The molecule has 0 radical (unpaired) electrons. The topological polar surface area (TPSA) is 80.8 Å². The van der Waals surface area contributed by atoms with Crippen molar-refractivity contribution in [3.63, 3.8) is 0 Å². The Labute approximate surface area is 109 Å². The Morgan fingerprint density at radius 2 is 1.68 bits per heavy atom. The van der Waals surface area contributed by atoms with E-state index in [9.17, 15) is 30.0 Å². The Morgan fingerprint density at radius 1 is 1.16 bits per heavy atom. The van der Waals surface area contributed by atoms with Gasteiger partial charge in [-0.3, -0.25) is 4.18 Å². The van der Waals surface area contributed by atoms with Crippen LogP contribution < -0.4 is 0 Å². The Bertz CT molecular complexity index is 485. The normalized spacial score (nSPS) is 21.4. The molecule has 0 aliphatic carbocycles. The first-order valence-electron chi connectivity index (χ1n) is 5.42. The minimum absolute atomic E-state index is 0.00864. The van der Waals surface area contributed by atoms with Crippen LogP contribution in [-0.2, 0) is 24.1 Å². The van der Waals surface area contributed by atoms with Crippen molar-refractivity contribution in [2.24, 2.45) is 0 Å². The molecule has 1 aliphatic heterocycles. The number of hydrogen-bond donors (Lipinski definition) is 0. The number of nitrogens with zero attached hydrogens (tertiary/aromatic N) is 1. The van der Waals surface area contributed by atoms with Crippen molar-refractivity contribution in [2.45, 2.75) is 11.9 Å². The summed E-state index contributed by atoms with van der Waals surface area (Å²) in [5, 5.41) is 0. The largest absolute Gasteiger partial charge is 0.523 e. The van der Waals surface area contributed by atoms with Gasteiger partial charge < -0.3 is 4.90 Å². The molecule has 0 unspecified atom stereocenters. The summed E-state index contributed by atoms with van der Waals surface area (Å²) in [6, 6.07) is 0. The monoisotopic (exact) mass is 325 g/mol. The quantitative estimate of drug-likeness (QED) is 0.401. The summed E-state index contributed by atoms with van der Waals surface area (Å²) in [4.78, 5) is 1.74. The molecule has 1 rings (SSSR count). The molecule has 0 spiro atoms. The fraction of sp³-hybridized carbons (Fsp3) is 1.00. The van der Waals surface area contributed by atoms with Gasteiger partial charge in [0.05, 0.1) is 18.1 Å². The zero-order valence-electron chi connectivity index (χ0n) is 9.89. The summed E-state index contributed by atoms with van der Waals surface area (Å²) in [5.41, 5.74) is -5.41. The van der Waals surface area contributed by atoms with E-state index >= 15 is 0 Å². The second kappa shape index (κ2) is 5.94. The van der Waals surface area contributed by atoms with Gasteiger partial charge in [0, 0.05) is 19.6 Å². The lowest BCUT2D eigenvalue weighted by Gasteiger charge is -2.26. The van der Waals surface area contributed by atoms with Gasteiger partial charge in [-0.05, 0) is 6.42 Å². The lowest BCUT2D eigenvalue weighted by atomic mass is 10.4. The Kier molecular flexibility index (Phi) is 5.21. The van der Waals surface area contributed by atoms with Gasteiger partial charge in [0.15, 0.2) is 9.84 Å². The minimum atomic E-state index is -5.53. The molecule has 0 saturated carbocycles. The summed E-state index contributed by atoms with van der Waals surface area (Å²) in [7, 11) is -8.54. The van der Waals surface area contributed by atoms with Gasteiger partial charge in [-0.1, -0.05) is 0 Å². The van der Waals surface area contributed by atoms with Gasteiger partial charge in [0.25, 0.3) is 0 Å². The van der Waals surface area contributed by atoms with Gasteiger partial charge in [-0.25, -0.2) is 8.42 Å². The molecule has 0 bridgehead atoms. The van der Waals surface area contributed by atoms with E-state index < -0.39 is 32.1 Å². The molecule has 0 atom stereocenters. The zero-order chi connectivity index (χ0) is 14.7. The molecule has 0 aromatic heterocycles. The molecule has 19 heavy (non-hydrogen) atoms. The van der Waals surface area contributed by atoms with Crippen LogP contribution in [0.4, 0.5) is 13.2 Å². The number of sulfone groups is 1. The lowest BCUT2D eigenvalue weighted by molar-refractivity contribution is -0.0543. The average molecular weight is 325 g/mol. The van der Waals surface area contributed by atoms with Crippen molar-refractivity contribution in [1.29, 1.82) is 0 Å². The van der Waals surface area contributed by atoms with E-state index in [-0.39, 0.29) is 17.9 Å². The predicted molar refractivity (Wildman–Crippen MR) is 60.6 cm³/mol. The van der Waals surface area contributed by atoms with Crippen molar-refractivity contribution in [2.75, 3.05) is 37.7 Å². The summed E-state index contributed by atoms with van der Waals surface area (Å²) in [6.07, 6.45) is 0.0787. The molecule has 1 aliphatic rings. The maximum absolute atomic E-state index is 11.9. The Balaban J connectivity index is 2.26. The summed E-state index contributed by atoms with van der Waals surface area (Å²) >= 11 is 0. The molecule has 0 N–H and O–H groups in total. The lowest BCUT2D eigenvalue weighted by Crippen LogP contribution is -2.41. The highest BCUT2D eigenvalue weighted by molar-refractivity contribution is 7.91. The van der Waals surface area contributed by atoms with Gasteiger partial charge in [-0.15, -0.1) is 0 Å².